The highest BCUT2D eigenvalue weighted by atomic mass is 15.1. The molecule has 0 saturated carbocycles. The first-order valence-electron chi connectivity index (χ1n) is 4.35. The van der Waals surface area contributed by atoms with Gasteiger partial charge in [-0.15, -0.1) is 0 Å². The molecule has 0 aromatic heterocycles. The topological polar surface area (TPSA) is 24.7 Å². The zero-order valence-electron chi connectivity index (χ0n) is 8.07. The molecule has 0 heterocycles. The van der Waals surface area contributed by atoms with Gasteiger partial charge in [-0.1, -0.05) is 24.8 Å². The van der Waals surface area contributed by atoms with E-state index in [0.29, 0.717) is 0 Å². The fraction of sp³-hybridized carbons (Fsp3) is 0.273. The van der Waals surface area contributed by atoms with Gasteiger partial charge in [0.25, 0.3) is 0 Å². The van der Waals surface area contributed by atoms with Crippen LogP contribution in [0.25, 0.3) is 6.08 Å². The van der Waals surface area contributed by atoms with Gasteiger partial charge in [0.2, 0.25) is 0 Å². The number of benzene rings is 1. The number of hydrogen-bond acceptors (Lipinski definition) is 2. The summed E-state index contributed by atoms with van der Waals surface area (Å²) < 4.78 is 0. The first kappa shape index (κ1) is 9.65. The van der Waals surface area contributed by atoms with Gasteiger partial charge in [0.1, 0.15) is 0 Å². The van der Waals surface area contributed by atoms with Crippen molar-refractivity contribution in [2.24, 2.45) is 10.2 Å². The van der Waals surface area contributed by atoms with E-state index in [2.05, 4.69) is 16.8 Å². The van der Waals surface area contributed by atoms with E-state index in [0.717, 1.165) is 11.3 Å². The van der Waals surface area contributed by atoms with Crippen molar-refractivity contribution >= 4 is 11.8 Å². The molecule has 0 radical (unpaired) electrons. The summed E-state index contributed by atoms with van der Waals surface area (Å²) in [6, 6.07) is 8.06. The molecule has 0 bridgehead atoms. The van der Waals surface area contributed by atoms with E-state index < -0.39 is 0 Å². The molecule has 0 spiro atoms. The first-order chi connectivity index (χ1) is 6.22. The second-order valence-electron chi connectivity index (χ2n) is 3.10. The molecule has 1 rings (SSSR count). The average Bonchev–Trinajstić information content (AvgIpc) is 2.15. The summed E-state index contributed by atoms with van der Waals surface area (Å²) in [4.78, 5) is 0. The van der Waals surface area contributed by atoms with Crippen LogP contribution >= 0.6 is 0 Å². The van der Waals surface area contributed by atoms with Crippen LogP contribution in [0.4, 0.5) is 5.69 Å². The molecule has 68 valence electrons. The van der Waals surface area contributed by atoms with Crippen molar-refractivity contribution in [1.29, 1.82) is 0 Å². The summed E-state index contributed by atoms with van der Waals surface area (Å²) in [6.45, 7) is 7.68. The summed E-state index contributed by atoms with van der Waals surface area (Å²) in [7, 11) is 0. The maximum Gasteiger partial charge on any atom is 0.0853 e. The van der Waals surface area contributed by atoms with Crippen molar-refractivity contribution in [3.8, 4) is 0 Å². The van der Waals surface area contributed by atoms with Crippen LogP contribution in [-0.2, 0) is 0 Å². The van der Waals surface area contributed by atoms with Crippen LogP contribution in [0.15, 0.2) is 41.1 Å². The molecular weight excluding hydrogens is 160 g/mol. The molecule has 0 aliphatic carbocycles. The Labute approximate surface area is 79.0 Å². The summed E-state index contributed by atoms with van der Waals surface area (Å²) in [6.07, 6.45) is 1.81. The third kappa shape index (κ3) is 3.20. The van der Waals surface area contributed by atoms with Gasteiger partial charge >= 0.3 is 0 Å². The molecule has 0 N–H and O–H groups in total. The van der Waals surface area contributed by atoms with E-state index >= 15 is 0 Å². The van der Waals surface area contributed by atoms with Crippen molar-refractivity contribution in [2.75, 3.05) is 0 Å². The summed E-state index contributed by atoms with van der Waals surface area (Å²) in [5.41, 5.74) is 1.99. The lowest BCUT2D eigenvalue weighted by Crippen LogP contribution is -1.83. The molecule has 0 aliphatic heterocycles. The monoisotopic (exact) mass is 174 g/mol. The summed E-state index contributed by atoms with van der Waals surface area (Å²) in [5, 5.41) is 8.12. The fourth-order valence-electron chi connectivity index (χ4n) is 0.859. The highest BCUT2D eigenvalue weighted by molar-refractivity contribution is 5.51. The Morgan fingerprint density at radius 3 is 2.31 bits per heavy atom. The number of rotatable bonds is 3. The van der Waals surface area contributed by atoms with Crippen molar-refractivity contribution in [3.63, 3.8) is 0 Å². The average molecular weight is 174 g/mol. The van der Waals surface area contributed by atoms with Crippen LogP contribution < -0.4 is 0 Å². The highest BCUT2D eigenvalue weighted by Crippen LogP contribution is 2.14. The molecule has 2 heteroatoms. The molecule has 2 nitrogen and oxygen atoms in total. The Kier molecular flexibility index (Phi) is 3.38. The van der Waals surface area contributed by atoms with Gasteiger partial charge in [0.05, 0.1) is 11.7 Å². The van der Waals surface area contributed by atoms with Crippen molar-refractivity contribution in [3.05, 3.63) is 36.4 Å². The fourth-order valence-corrected chi connectivity index (χ4v) is 0.859. The molecule has 0 atom stereocenters. The highest BCUT2D eigenvalue weighted by Gasteiger charge is 1.90. The van der Waals surface area contributed by atoms with Gasteiger partial charge in [-0.3, -0.25) is 0 Å². The summed E-state index contributed by atoms with van der Waals surface area (Å²) in [5.74, 6) is 0. The van der Waals surface area contributed by atoms with E-state index in [-0.39, 0.29) is 6.04 Å². The molecule has 0 unspecified atom stereocenters. The van der Waals surface area contributed by atoms with Crippen LogP contribution in [0, 0.1) is 0 Å². The molecule has 1 aromatic rings. The second kappa shape index (κ2) is 4.55. The van der Waals surface area contributed by atoms with Gasteiger partial charge in [0.15, 0.2) is 0 Å². The zero-order chi connectivity index (χ0) is 9.68. The Morgan fingerprint density at radius 2 is 1.85 bits per heavy atom. The Bertz CT molecular complexity index is 296. The van der Waals surface area contributed by atoms with E-state index in [1.54, 1.807) is 0 Å². The van der Waals surface area contributed by atoms with Crippen molar-refractivity contribution < 1.29 is 0 Å². The van der Waals surface area contributed by atoms with Crippen LogP contribution in [0.1, 0.15) is 19.4 Å². The lowest BCUT2D eigenvalue weighted by molar-refractivity contribution is 0.779. The van der Waals surface area contributed by atoms with Crippen LogP contribution in [0.5, 0.6) is 0 Å². The quantitative estimate of drug-likeness (QED) is 0.622. The van der Waals surface area contributed by atoms with E-state index in [9.17, 15) is 0 Å². The van der Waals surface area contributed by atoms with Gasteiger partial charge in [-0.2, -0.15) is 10.2 Å². The zero-order valence-corrected chi connectivity index (χ0v) is 8.07. The molecule has 0 amide bonds. The predicted octanol–water partition coefficient (Wildman–Crippen LogP) is 3.82. The summed E-state index contributed by atoms with van der Waals surface area (Å²) >= 11 is 0. The molecular formula is C11H14N2. The van der Waals surface area contributed by atoms with Crippen molar-refractivity contribution in [1.82, 2.24) is 0 Å². The standard InChI is InChI=1S/C11H14N2/c1-4-10-5-7-11(8-6-10)13-12-9(2)3/h4-9H,1H2,2-3H3. The number of nitrogens with zero attached hydrogens (tertiary/aromatic N) is 2. The first-order valence-corrected chi connectivity index (χ1v) is 4.35. The van der Waals surface area contributed by atoms with E-state index in [4.69, 9.17) is 0 Å². The Morgan fingerprint density at radius 1 is 1.23 bits per heavy atom. The maximum absolute atomic E-state index is 4.07. The minimum absolute atomic E-state index is 0.249. The predicted molar refractivity (Wildman–Crippen MR) is 56.2 cm³/mol. The largest absolute Gasteiger partial charge is 0.186 e. The smallest absolute Gasteiger partial charge is 0.0853 e. The number of azo groups is 1. The Balaban J connectivity index is 2.75. The van der Waals surface area contributed by atoms with Gasteiger partial charge < -0.3 is 0 Å². The second-order valence-corrected chi connectivity index (χ2v) is 3.10. The van der Waals surface area contributed by atoms with E-state index in [1.165, 1.54) is 0 Å². The third-order valence-corrected chi connectivity index (χ3v) is 1.53. The van der Waals surface area contributed by atoms with Gasteiger partial charge in [-0.25, -0.2) is 0 Å². The van der Waals surface area contributed by atoms with Crippen LogP contribution in [0.3, 0.4) is 0 Å². The minimum atomic E-state index is 0.249. The van der Waals surface area contributed by atoms with E-state index in [1.807, 2.05) is 44.2 Å². The van der Waals surface area contributed by atoms with Crippen molar-refractivity contribution in [2.45, 2.75) is 19.9 Å². The lowest BCUT2D eigenvalue weighted by Gasteiger charge is -1.95. The SMILES string of the molecule is C=Cc1ccc(N=NC(C)C)cc1. The third-order valence-electron chi connectivity index (χ3n) is 1.53. The van der Waals surface area contributed by atoms with Gasteiger partial charge in [-0.05, 0) is 31.5 Å². The lowest BCUT2D eigenvalue weighted by atomic mass is 10.2. The number of hydrogen-bond donors (Lipinski definition) is 0. The molecule has 13 heavy (non-hydrogen) atoms. The molecule has 0 fully saturated rings. The molecule has 0 aliphatic rings. The minimum Gasteiger partial charge on any atom is -0.186 e. The maximum atomic E-state index is 4.07. The Hall–Kier alpha value is -1.44. The molecule has 1 aromatic carbocycles. The molecule has 0 saturated heterocycles. The van der Waals surface area contributed by atoms with Crippen LogP contribution in [0.2, 0.25) is 0 Å². The van der Waals surface area contributed by atoms with Gasteiger partial charge in [0, 0.05) is 0 Å². The normalized spacial score (nSPS) is 11.0. The van der Waals surface area contributed by atoms with Crippen LogP contribution in [-0.4, -0.2) is 6.04 Å².